The van der Waals surface area contributed by atoms with Gasteiger partial charge in [-0.1, -0.05) is 18.2 Å². The molecule has 5 rings (SSSR count). The van der Waals surface area contributed by atoms with Crippen LogP contribution in [0.1, 0.15) is 47.0 Å². The molecule has 1 aromatic carbocycles. The SMILES string of the molecule is Cc1[nH]nc(CCC(=O)N2CC[C@]3(C(=O)Nc4ccccc43)[C@@H]2c2cnn(C)c2)c1C. The van der Waals surface area contributed by atoms with Crippen molar-refractivity contribution in [1.82, 2.24) is 24.9 Å². The quantitative estimate of drug-likeness (QED) is 0.681. The van der Waals surface area contributed by atoms with E-state index in [-0.39, 0.29) is 17.9 Å². The number of hydrogen-bond donors (Lipinski definition) is 2. The number of H-pyrrole nitrogens is 1. The zero-order valence-electron chi connectivity index (χ0n) is 18.0. The third-order valence-electron chi connectivity index (χ3n) is 6.88. The largest absolute Gasteiger partial charge is 0.334 e. The summed E-state index contributed by atoms with van der Waals surface area (Å²) in [4.78, 5) is 28.6. The molecule has 8 nitrogen and oxygen atoms in total. The number of likely N-dealkylation sites (tertiary alicyclic amines) is 1. The number of anilines is 1. The third-order valence-corrected chi connectivity index (χ3v) is 6.88. The summed E-state index contributed by atoms with van der Waals surface area (Å²) in [5, 5.41) is 14.7. The topological polar surface area (TPSA) is 95.9 Å². The third kappa shape index (κ3) is 2.89. The monoisotopic (exact) mass is 418 g/mol. The number of carbonyl (C=O) groups is 2. The maximum absolute atomic E-state index is 13.4. The second-order valence-electron chi connectivity index (χ2n) is 8.58. The Morgan fingerprint density at radius 3 is 2.81 bits per heavy atom. The first kappa shape index (κ1) is 19.5. The molecule has 2 N–H and O–H groups in total. The molecule has 0 aliphatic carbocycles. The van der Waals surface area contributed by atoms with Gasteiger partial charge in [0.25, 0.3) is 0 Å². The van der Waals surface area contributed by atoms with Crippen molar-refractivity contribution in [2.45, 2.75) is 44.6 Å². The number of aromatic amines is 1. The standard InChI is InChI=1S/C23H26N6O2/c1-14-15(2)26-27-18(14)8-9-20(30)29-11-10-23(21(29)16-12-24-28(3)13-16)17-6-4-5-7-19(17)25-22(23)31/h4-7,12-13,21H,8-11H2,1-3H3,(H,25,31)(H,26,27)/t21-,23+/m0/s1. The van der Waals surface area contributed by atoms with Crippen LogP contribution in [-0.2, 0) is 28.5 Å². The highest BCUT2D eigenvalue weighted by Crippen LogP contribution is 2.54. The Bertz CT molecular complexity index is 1180. The predicted molar refractivity (Wildman–Crippen MR) is 115 cm³/mol. The minimum absolute atomic E-state index is 0.0305. The second-order valence-corrected chi connectivity index (χ2v) is 8.58. The lowest BCUT2D eigenvalue weighted by Gasteiger charge is -2.33. The average Bonchev–Trinajstić information content (AvgIpc) is 3.50. The predicted octanol–water partition coefficient (Wildman–Crippen LogP) is 2.56. The molecule has 1 saturated heterocycles. The number of rotatable bonds is 4. The summed E-state index contributed by atoms with van der Waals surface area (Å²) < 4.78 is 1.72. The van der Waals surface area contributed by atoms with E-state index in [2.05, 4.69) is 20.6 Å². The summed E-state index contributed by atoms with van der Waals surface area (Å²) >= 11 is 0. The Kier molecular flexibility index (Phi) is 4.46. The van der Waals surface area contributed by atoms with Gasteiger partial charge in [-0.15, -0.1) is 0 Å². The molecule has 2 amide bonds. The number of aromatic nitrogens is 4. The summed E-state index contributed by atoms with van der Waals surface area (Å²) in [7, 11) is 1.85. The molecule has 2 aromatic heterocycles. The van der Waals surface area contributed by atoms with Gasteiger partial charge in [0.1, 0.15) is 5.41 Å². The Balaban J connectivity index is 1.50. The van der Waals surface area contributed by atoms with Crippen molar-refractivity contribution in [3.05, 3.63) is 64.7 Å². The van der Waals surface area contributed by atoms with Gasteiger partial charge in [-0.3, -0.25) is 19.4 Å². The molecule has 8 heteroatoms. The highest BCUT2D eigenvalue weighted by atomic mass is 16.2. The van der Waals surface area contributed by atoms with Gasteiger partial charge in [0.2, 0.25) is 11.8 Å². The lowest BCUT2D eigenvalue weighted by Crippen LogP contribution is -2.42. The number of amides is 2. The van der Waals surface area contributed by atoms with E-state index in [0.717, 1.165) is 33.8 Å². The summed E-state index contributed by atoms with van der Waals surface area (Å²) in [5.74, 6) is -0.0143. The van der Waals surface area contributed by atoms with Crippen molar-refractivity contribution >= 4 is 17.5 Å². The van der Waals surface area contributed by atoms with Crippen molar-refractivity contribution in [2.24, 2.45) is 7.05 Å². The first-order valence-corrected chi connectivity index (χ1v) is 10.6. The first-order valence-electron chi connectivity index (χ1n) is 10.6. The number of fused-ring (bicyclic) bond motifs is 2. The number of carbonyl (C=O) groups excluding carboxylic acids is 2. The fourth-order valence-corrected chi connectivity index (χ4v) is 5.15. The maximum Gasteiger partial charge on any atom is 0.237 e. The Labute approximate surface area is 180 Å². The van der Waals surface area contributed by atoms with Crippen molar-refractivity contribution in [3.8, 4) is 0 Å². The average molecular weight is 419 g/mol. The number of para-hydroxylation sites is 1. The normalized spacial score (nSPS) is 22.2. The van der Waals surface area contributed by atoms with Crippen LogP contribution in [-0.4, -0.2) is 43.2 Å². The molecule has 31 heavy (non-hydrogen) atoms. The molecule has 0 radical (unpaired) electrons. The van der Waals surface area contributed by atoms with Gasteiger partial charge < -0.3 is 10.2 Å². The fraction of sp³-hybridized carbons (Fsp3) is 0.391. The molecule has 2 aliphatic heterocycles. The van der Waals surface area contributed by atoms with Gasteiger partial charge in [-0.05, 0) is 37.5 Å². The van der Waals surface area contributed by atoms with E-state index >= 15 is 0 Å². The van der Waals surface area contributed by atoms with Crippen LogP contribution in [0.4, 0.5) is 5.69 Å². The summed E-state index contributed by atoms with van der Waals surface area (Å²) in [5.41, 5.74) is 4.91. The summed E-state index contributed by atoms with van der Waals surface area (Å²) in [6.45, 7) is 4.52. The van der Waals surface area contributed by atoms with Gasteiger partial charge >= 0.3 is 0 Å². The smallest absolute Gasteiger partial charge is 0.237 e. The molecule has 4 heterocycles. The Morgan fingerprint density at radius 2 is 2.10 bits per heavy atom. The molecule has 2 atom stereocenters. The van der Waals surface area contributed by atoms with Gasteiger partial charge in [0, 0.05) is 49.6 Å². The lowest BCUT2D eigenvalue weighted by atomic mass is 9.73. The fourth-order valence-electron chi connectivity index (χ4n) is 5.15. The zero-order valence-corrected chi connectivity index (χ0v) is 18.0. The highest BCUT2D eigenvalue weighted by molar-refractivity contribution is 6.07. The van der Waals surface area contributed by atoms with Crippen molar-refractivity contribution in [1.29, 1.82) is 0 Å². The van der Waals surface area contributed by atoms with E-state index in [1.807, 2.05) is 56.3 Å². The van der Waals surface area contributed by atoms with E-state index in [1.165, 1.54) is 0 Å². The summed E-state index contributed by atoms with van der Waals surface area (Å²) in [6.07, 6.45) is 5.19. The lowest BCUT2D eigenvalue weighted by molar-refractivity contribution is -0.133. The molecular formula is C23H26N6O2. The van der Waals surface area contributed by atoms with E-state index in [1.54, 1.807) is 10.9 Å². The van der Waals surface area contributed by atoms with Crippen LogP contribution in [0, 0.1) is 13.8 Å². The molecule has 2 aliphatic rings. The number of hydrogen-bond acceptors (Lipinski definition) is 4. The first-order chi connectivity index (χ1) is 14.9. The van der Waals surface area contributed by atoms with Crippen molar-refractivity contribution < 1.29 is 9.59 Å². The van der Waals surface area contributed by atoms with E-state index in [0.29, 0.717) is 25.8 Å². The molecule has 0 saturated carbocycles. The molecule has 1 spiro atoms. The van der Waals surface area contributed by atoms with Crippen LogP contribution in [0.5, 0.6) is 0 Å². The van der Waals surface area contributed by atoms with Crippen LogP contribution < -0.4 is 5.32 Å². The second kappa shape index (κ2) is 7.08. The van der Waals surface area contributed by atoms with Gasteiger partial charge in [0.15, 0.2) is 0 Å². The highest BCUT2D eigenvalue weighted by Gasteiger charge is 2.59. The minimum Gasteiger partial charge on any atom is -0.334 e. The van der Waals surface area contributed by atoms with Gasteiger partial charge in [-0.25, -0.2) is 0 Å². The van der Waals surface area contributed by atoms with Gasteiger partial charge in [-0.2, -0.15) is 10.2 Å². The molecule has 1 fully saturated rings. The van der Waals surface area contributed by atoms with Crippen LogP contribution in [0.15, 0.2) is 36.7 Å². The van der Waals surface area contributed by atoms with Crippen LogP contribution in [0.2, 0.25) is 0 Å². The van der Waals surface area contributed by atoms with Gasteiger partial charge in [0.05, 0.1) is 17.9 Å². The van der Waals surface area contributed by atoms with Crippen molar-refractivity contribution in [2.75, 3.05) is 11.9 Å². The Hall–Kier alpha value is -3.42. The Morgan fingerprint density at radius 1 is 1.29 bits per heavy atom. The van der Waals surface area contributed by atoms with Crippen LogP contribution in [0.25, 0.3) is 0 Å². The number of benzene rings is 1. The molecule has 0 bridgehead atoms. The van der Waals surface area contributed by atoms with Crippen LogP contribution >= 0.6 is 0 Å². The summed E-state index contributed by atoms with van der Waals surface area (Å²) in [6, 6.07) is 7.41. The number of nitrogens with zero attached hydrogens (tertiary/aromatic N) is 4. The number of aryl methyl sites for hydroxylation is 3. The zero-order chi connectivity index (χ0) is 21.8. The van der Waals surface area contributed by atoms with E-state index in [9.17, 15) is 9.59 Å². The van der Waals surface area contributed by atoms with E-state index in [4.69, 9.17) is 0 Å². The van der Waals surface area contributed by atoms with E-state index < -0.39 is 5.41 Å². The maximum atomic E-state index is 13.4. The minimum atomic E-state index is -0.797. The molecule has 160 valence electrons. The van der Waals surface area contributed by atoms with Crippen LogP contribution in [0.3, 0.4) is 0 Å². The number of nitrogens with one attached hydrogen (secondary N) is 2. The molecule has 3 aromatic rings. The van der Waals surface area contributed by atoms with Crippen molar-refractivity contribution in [3.63, 3.8) is 0 Å². The molecule has 0 unspecified atom stereocenters. The molecular weight excluding hydrogens is 392 g/mol.